The molecule has 0 spiro atoms. The van der Waals surface area contributed by atoms with Gasteiger partial charge < -0.3 is 0 Å². The van der Waals surface area contributed by atoms with Crippen LogP contribution in [0.25, 0.3) is 11.4 Å². The lowest BCUT2D eigenvalue weighted by atomic mass is 10.1. The molecule has 82 valence electrons. The van der Waals surface area contributed by atoms with Gasteiger partial charge in [0.1, 0.15) is 4.60 Å². The van der Waals surface area contributed by atoms with Crippen LogP contribution in [0.1, 0.15) is 12.5 Å². The minimum absolute atomic E-state index is 0.734. The largest absolute Gasteiger partial charge is 0.235 e. The van der Waals surface area contributed by atoms with E-state index in [1.807, 2.05) is 0 Å². The van der Waals surface area contributed by atoms with Crippen LogP contribution in [0, 0.1) is 0 Å². The van der Waals surface area contributed by atoms with Crippen molar-refractivity contribution in [2.75, 3.05) is 0 Å². The number of halogens is 2. The molecule has 1 aromatic heterocycles. The lowest BCUT2D eigenvalue weighted by molar-refractivity contribution is 1.12. The van der Waals surface area contributed by atoms with Gasteiger partial charge in [-0.15, -0.1) is 0 Å². The molecule has 0 aliphatic rings. The quantitative estimate of drug-likeness (QED) is 0.764. The van der Waals surface area contributed by atoms with Crippen molar-refractivity contribution in [1.29, 1.82) is 0 Å². The second kappa shape index (κ2) is 5.06. The highest BCUT2D eigenvalue weighted by atomic mass is 79.9. The van der Waals surface area contributed by atoms with Crippen LogP contribution < -0.4 is 0 Å². The van der Waals surface area contributed by atoms with Crippen molar-refractivity contribution in [1.82, 2.24) is 9.97 Å². The average Bonchev–Trinajstić information content (AvgIpc) is 2.33. The second-order valence-electron chi connectivity index (χ2n) is 3.38. The highest BCUT2D eigenvalue weighted by molar-refractivity contribution is 9.13. The summed E-state index contributed by atoms with van der Waals surface area (Å²) in [5, 5.41) is 0. The lowest BCUT2D eigenvalue weighted by Crippen LogP contribution is -1.90. The first-order chi connectivity index (χ1) is 7.70. The third-order valence-electron chi connectivity index (χ3n) is 2.32. The van der Waals surface area contributed by atoms with Gasteiger partial charge in [-0.05, 0) is 43.8 Å². The van der Waals surface area contributed by atoms with Crippen LogP contribution in [0.2, 0.25) is 0 Å². The molecule has 0 atom stereocenters. The van der Waals surface area contributed by atoms with Crippen LogP contribution in [0.15, 0.2) is 39.5 Å². The fraction of sp³-hybridized carbons (Fsp3) is 0.167. The van der Waals surface area contributed by atoms with Gasteiger partial charge in [0.15, 0.2) is 5.82 Å². The number of rotatable bonds is 2. The van der Waals surface area contributed by atoms with Crippen molar-refractivity contribution in [3.05, 3.63) is 45.1 Å². The van der Waals surface area contributed by atoms with Gasteiger partial charge in [-0.1, -0.05) is 31.2 Å². The minimum Gasteiger partial charge on any atom is -0.235 e. The first kappa shape index (κ1) is 11.7. The van der Waals surface area contributed by atoms with Crippen LogP contribution in [-0.2, 0) is 6.42 Å². The summed E-state index contributed by atoms with van der Waals surface area (Å²) in [6.07, 6.45) is 2.80. The van der Waals surface area contributed by atoms with E-state index >= 15 is 0 Å². The zero-order chi connectivity index (χ0) is 11.5. The maximum absolute atomic E-state index is 4.36. The van der Waals surface area contributed by atoms with E-state index in [-0.39, 0.29) is 0 Å². The summed E-state index contributed by atoms with van der Waals surface area (Å²) < 4.78 is 1.64. The number of aryl methyl sites for hydroxylation is 1. The maximum Gasteiger partial charge on any atom is 0.160 e. The van der Waals surface area contributed by atoms with E-state index in [0.29, 0.717) is 0 Å². The van der Waals surface area contributed by atoms with Crippen molar-refractivity contribution in [3.8, 4) is 11.4 Å². The fourth-order valence-corrected chi connectivity index (χ4v) is 1.84. The van der Waals surface area contributed by atoms with Crippen LogP contribution in [-0.4, -0.2) is 9.97 Å². The Labute approximate surface area is 111 Å². The molecule has 0 saturated heterocycles. The highest BCUT2D eigenvalue weighted by Crippen LogP contribution is 2.23. The lowest BCUT2D eigenvalue weighted by Gasteiger charge is -2.02. The Morgan fingerprint density at radius 2 is 1.81 bits per heavy atom. The molecule has 0 saturated carbocycles. The zero-order valence-electron chi connectivity index (χ0n) is 8.74. The van der Waals surface area contributed by atoms with E-state index in [0.717, 1.165) is 26.9 Å². The maximum atomic E-state index is 4.36. The number of nitrogens with zero attached hydrogens (tertiary/aromatic N) is 2. The Bertz CT molecular complexity index is 495. The molecule has 0 aliphatic carbocycles. The van der Waals surface area contributed by atoms with Crippen molar-refractivity contribution in [2.24, 2.45) is 0 Å². The summed E-state index contributed by atoms with van der Waals surface area (Å²) in [6, 6.07) is 8.31. The molecule has 2 nitrogen and oxygen atoms in total. The Morgan fingerprint density at radius 3 is 2.38 bits per heavy atom. The van der Waals surface area contributed by atoms with E-state index in [1.165, 1.54) is 5.56 Å². The molecule has 1 aromatic carbocycles. The molecular formula is C12H10Br2N2. The van der Waals surface area contributed by atoms with Crippen molar-refractivity contribution in [3.63, 3.8) is 0 Å². The first-order valence-electron chi connectivity index (χ1n) is 4.98. The van der Waals surface area contributed by atoms with Gasteiger partial charge in [-0.3, -0.25) is 0 Å². The summed E-state index contributed by atoms with van der Waals surface area (Å²) >= 11 is 6.73. The molecule has 0 N–H and O–H groups in total. The second-order valence-corrected chi connectivity index (χ2v) is 4.99. The molecule has 0 bridgehead atoms. The van der Waals surface area contributed by atoms with Gasteiger partial charge in [0.2, 0.25) is 0 Å². The summed E-state index contributed by atoms with van der Waals surface area (Å²) in [4.78, 5) is 8.63. The predicted octanol–water partition coefficient (Wildman–Crippen LogP) is 4.23. The van der Waals surface area contributed by atoms with Crippen LogP contribution in [0.4, 0.5) is 0 Å². The van der Waals surface area contributed by atoms with E-state index in [1.54, 1.807) is 6.20 Å². The van der Waals surface area contributed by atoms with Crippen LogP contribution >= 0.6 is 31.9 Å². The first-order valence-corrected chi connectivity index (χ1v) is 6.56. The molecule has 0 unspecified atom stereocenters. The van der Waals surface area contributed by atoms with Gasteiger partial charge in [0.05, 0.1) is 4.47 Å². The summed E-state index contributed by atoms with van der Waals surface area (Å²) in [5.74, 6) is 0.734. The predicted molar refractivity (Wildman–Crippen MR) is 72.2 cm³/mol. The van der Waals surface area contributed by atoms with Crippen molar-refractivity contribution >= 4 is 31.9 Å². The van der Waals surface area contributed by atoms with Crippen molar-refractivity contribution in [2.45, 2.75) is 13.3 Å². The SMILES string of the molecule is CCc1ccc(-c2ncc(Br)c(Br)n2)cc1. The molecular weight excluding hydrogens is 332 g/mol. The Balaban J connectivity index is 2.38. The molecule has 0 amide bonds. The van der Waals surface area contributed by atoms with Gasteiger partial charge in [0.25, 0.3) is 0 Å². The Morgan fingerprint density at radius 1 is 1.12 bits per heavy atom. The standard InChI is InChI=1S/C12H10Br2N2/c1-2-8-3-5-9(6-4-8)12-15-7-10(13)11(14)16-12/h3-7H,2H2,1H3. The normalized spacial score (nSPS) is 10.4. The average molecular weight is 342 g/mol. The van der Waals surface area contributed by atoms with E-state index in [4.69, 9.17) is 0 Å². The van der Waals surface area contributed by atoms with E-state index in [2.05, 4.69) is 73.0 Å². The van der Waals surface area contributed by atoms with Gasteiger partial charge in [-0.2, -0.15) is 0 Å². The Kier molecular flexibility index (Phi) is 3.71. The monoisotopic (exact) mass is 340 g/mol. The summed E-state index contributed by atoms with van der Waals surface area (Å²) in [6.45, 7) is 2.14. The molecule has 2 rings (SSSR count). The van der Waals surface area contributed by atoms with Gasteiger partial charge in [-0.25, -0.2) is 9.97 Å². The third kappa shape index (κ3) is 2.50. The number of aromatic nitrogens is 2. The smallest absolute Gasteiger partial charge is 0.160 e. The summed E-state index contributed by atoms with van der Waals surface area (Å²) in [7, 11) is 0. The molecule has 0 radical (unpaired) electrons. The van der Waals surface area contributed by atoms with Crippen LogP contribution in [0.3, 0.4) is 0 Å². The molecule has 0 aliphatic heterocycles. The van der Waals surface area contributed by atoms with E-state index < -0.39 is 0 Å². The number of benzene rings is 1. The molecule has 16 heavy (non-hydrogen) atoms. The minimum atomic E-state index is 0.734. The number of hydrogen-bond acceptors (Lipinski definition) is 2. The van der Waals surface area contributed by atoms with Gasteiger partial charge in [0, 0.05) is 11.8 Å². The fourth-order valence-electron chi connectivity index (χ4n) is 1.37. The topological polar surface area (TPSA) is 25.8 Å². The van der Waals surface area contributed by atoms with Crippen molar-refractivity contribution < 1.29 is 0 Å². The molecule has 0 fully saturated rings. The zero-order valence-corrected chi connectivity index (χ0v) is 11.9. The summed E-state index contributed by atoms with van der Waals surface area (Å²) in [5.41, 5.74) is 2.35. The Hall–Kier alpha value is -0.740. The highest BCUT2D eigenvalue weighted by Gasteiger charge is 2.04. The molecule has 1 heterocycles. The van der Waals surface area contributed by atoms with Crippen LogP contribution in [0.5, 0.6) is 0 Å². The molecule has 4 heteroatoms. The van der Waals surface area contributed by atoms with Gasteiger partial charge >= 0.3 is 0 Å². The number of hydrogen-bond donors (Lipinski definition) is 0. The third-order valence-corrected chi connectivity index (χ3v) is 4.04. The van der Waals surface area contributed by atoms with E-state index in [9.17, 15) is 0 Å². The molecule has 2 aromatic rings.